The third kappa shape index (κ3) is 2.94. The van der Waals surface area contributed by atoms with Crippen LogP contribution in [0.1, 0.15) is 5.69 Å². The SMILES string of the molecule is [C-]#[N+]c1nn(C(=O)n2cc(-c3ccccc3)c(C#N)n2)cc1-c1ccccc1. The molecule has 2 heterocycles. The van der Waals surface area contributed by atoms with Crippen molar-refractivity contribution in [1.82, 2.24) is 19.6 Å². The van der Waals surface area contributed by atoms with E-state index < -0.39 is 6.03 Å². The fourth-order valence-electron chi connectivity index (χ4n) is 2.86. The lowest BCUT2D eigenvalue weighted by Crippen LogP contribution is -2.20. The maximum absolute atomic E-state index is 12.9. The van der Waals surface area contributed by atoms with Gasteiger partial charge in [-0.15, -0.1) is 4.68 Å². The van der Waals surface area contributed by atoms with Crippen molar-refractivity contribution in [3.63, 3.8) is 0 Å². The number of benzene rings is 2. The molecule has 0 aliphatic carbocycles. The first-order valence-electron chi connectivity index (χ1n) is 8.33. The van der Waals surface area contributed by atoms with Gasteiger partial charge in [0.25, 0.3) is 0 Å². The van der Waals surface area contributed by atoms with E-state index in [-0.39, 0.29) is 11.5 Å². The number of rotatable bonds is 2. The van der Waals surface area contributed by atoms with Crippen LogP contribution < -0.4 is 0 Å². The third-order valence-electron chi connectivity index (χ3n) is 4.18. The Kier molecular flexibility index (Phi) is 4.25. The minimum Gasteiger partial charge on any atom is -0.358 e. The zero-order valence-corrected chi connectivity index (χ0v) is 14.5. The Labute approximate surface area is 160 Å². The van der Waals surface area contributed by atoms with E-state index in [1.807, 2.05) is 66.7 Å². The summed E-state index contributed by atoms with van der Waals surface area (Å²) in [6, 6.07) is 19.9. The molecule has 132 valence electrons. The smallest absolute Gasteiger partial charge is 0.358 e. The van der Waals surface area contributed by atoms with Crippen LogP contribution in [0.2, 0.25) is 0 Å². The minimum absolute atomic E-state index is 0.121. The third-order valence-corrected chi connectivity index (χ3v) is 4.18. The van der Waals surface area contributed by atoms with Crippen LogP contribution in [0.5, 0.6) is 0 Å². The van der Waals surface area contributed by atoms with Gasteiger partial charge in [0.1, 0.15) is 6.07 Å². The number of carbonyl (C=O) groups excluding carboxylic acids is 1. The van der Waals surface area contributed by atoms with E-state index in [9.17, 15) is 10.1 Å². The van der Waals surface area contributed by atoms with Gasteiger partial charge in [-0.3, -0.25) is 0 Å². The minimum atomic E-state index is -0.578. The van der Waals surface area contributed by atoms with Gasteiger partial charge in [-0.05, 0) is 16.2 Å². The molecule has 0 radical (unpaired) electrons. The molecule has 2 aromatic heterocycles. The van der Waals surface area contributed by atoms with Crippen molar-refractivity contribution in [2.24, 2.45) is 0 Å². The molecule has 2 aromatic carbocycles. The van der Waals surface area contributed by atoms with Crippen LogP contribution in [0.4, 0.5) is 10.6 Å². The highest BCUT2D eigenvalue weighted by atomic mass is 16.2. The van der Waals surface area contributed by atoms with Crippen molar-refractivity contribution in [3.8, 4) is 28.3 Å². The summed E-state index contributed by atoms with van der Waals surface area (Å²) in [6.45, 7) is 7.35. The molecule has 0 bridgehead atoms. The number of nitriles is 1. The molecule has 0 amide bonds. The van der Waals surface area contributed by atoms with Gasteiger partial charge >= 0.3 is 11.8 Å². The van der Waals surface area contributed by atoms with Crippen molar-refractivity contribution in [1.29, 1.82) is 5.26 Å². The standard InChI is InChI=1S/C21H12N6O/c1-23-20-18(16-10-6-3-7-11-16)14-27(25-20)21(28)26-13-17(19(12-22)24-26)15-8-4-2-5-9-15/h2-11,13-14H. The topological polar surface area (TPSA) is 80.9 Å². The zero-order chi connectivity index (χ0) is 19.5. The molecule has 0 aliphatic rings. The Balaban J connectivity index is 1.75. The van der Waals surface area contributed by atoms with Gasteiger partial charge in [0.2, 0.25) is 0 Å². The molecule has 0 fully saturated rings. The van der Waals surface area contributed by atoms with Crippen molar-refractivity contribution in [3.05, 3.63) is 90.2 Å². The molecule has 0 saturated carbocycles. The van der Waals surface area contributed by atoms with Gasteiger partial charge in [0.05, 0.1) is 6.20 Å². The Morgan fingerprint density at radius 3 is 2.00 bits per heavy atom. The highest BCUT2D eigenvalue weighted by Crippen LogP contribution is 2.29. The van der Waals surface area contributed by atoms with Crippen molar-refractivity contribution < 1.29 is 4.79 Å². The molecule has 0 saturated heterocycles. The average Bonchev–Trinajstić information content (AvgIpc) is 3.39. The maximum atomic E-state index is 12.9. The van der Waals surface area contributed by atoms with E-state index in [4.69, 9.17) is 6.57 Å². The van der Waals surface area contributed by atoms with Crippen LogP contribution in [0.15, 0.2) is 73.1 Å². The molecule has 0 aliphatic heterocycles. The van der Waals surface area contributed by atoms with Gasteiger partial charge < -0.3 is 4.85 Å². The number of hydrogen-bond donors (Lipinski definition) is 0. The molecule has 0 atom stereocenters. The van der Waals surface area contributed by atoms with E-state index in [0.29, 0.717) is 11.1 Å². The Morgan fingerprint density at radius 1 is 0.893 bits per heavy atom. The molecular weight excluding hydrogens is 352 g/mol. The predicted molar refractivity (Wildman–Crippen MR) is 102 cm³/mol. The first kappa shape index (κ1) is 17.0. The number of aromatic nitrogens is 4. The lowest BCUT2D eigenvalue weighted by Gasteiger charge is -1.97. The fraction of sp³-hybridized carbons (Fsp3) is 0. The van der Waals surface area contributed by atoms with E-state index in [0.717, 1.165) is 20.5 Å². The molecule has 0 unspecified atom stereocenters. The van der Waals surface area contributed by atoms with Crippen molar-refractivity contribution in [2.75, 3.05) is 0 Å². The summed E-state index contributed by atoms with van der Waals surface area (Å²) >= 11 is 0. The Bertz CT molecular complexity index is 1140. The molecule has 0 spiro atoms. The van der Waals surface area contributed by atoms with Gasteiger partial charge in [-0.25, -0.2) is 4.79 Å². The molecule has 0 N–H and O–H groups in total. The van der Waals surface area contributed by atoms with E-state index in [1.54, 1.807) is 0 Å². The van der Waals surface area contributed by atoms with E-state index in [1.165, 1.54) is 12.4 Å². The molecule has 4 aromatic rings. The largest absolute Gasteiger partial charge is 0.386 e. The summed E-state index contributed by atoms with van der Waals surface area (Å²) in [5, 5.41) is 17.6. The van der Waals surface area contributed by atoms with Gasteiger partial charge in [-0.1, -0.05) is 67.2 Å². The fourth-order valence-corrected chi connectivity index (χ4v) is 2.86. The quantitative estimate of drug-likeness (QED) is 0.495. The van der Waals surface area contributed by atoms with Crippen LogP contribution in [0.25, 0.3) is 27.1 Å². The molecule has 7 heteroatoms. The van der Waals surface area contributed by atoms with E-state index >= 15 is 0 Å². The number of nitrogens with zero attached hydrogens (tertiary/aromatic N) is 6. The summed E-state index contributed by atoms with van der Waals surface area (Å²) in [7, 11) is 0. The van der Waals surface area contributed by atoms with Gasteiger partial charge in [-0.2, -0.15) is 15.0 Å². The molecule has 28 heavy (non-hydrogen) atoms. The summed E-state index contributed by atoms with van der Waals surface area (Å²) < 4.78 is 2.13. The highest BCUT2D eigenvalue weighted by Gasteiger charge is 2.21. The van der Waals surface area contributed by atoms with E-state index in [2.05, 4.69) is 15.0 Å². The van der Waals surface area contributed by atoms with Gasteiger partial charge in [0.15, 0.2) is 5.69 Å². The summed E-state index contributed by atoms with van der Waals surface area (Å²) in [5.41, 5.74) is 2.82. The maximum Gasteiger partial charge on any atom is 0.386 e. The lowest BCUT2D eigenvalue weighted by atomic mass is 10.1. The second-order valence-corrected chi connectivity index (χ2v) is 5.89. The van der Waals surface area contributed by atoms with Crippen LogP contribution in [-0.4, -0.2) is 25.6 Å². The first-order chi connectivity index (χ1) is 13.7. The predicted octanol–water partition coefficient (Wildman–Crippen LogP) is 4.35. The first-order valence-corrected chi connectivity index (χ1v) is 8.33. The van der Waals surface area contributed by atoms with Crippen LogP contribution in [0, 0.1) is 17.9 Å². The monoisotopic (exact) mass is 364 g/mol. The van der Waals surface area contributed by atoms with Gasteiger partial charge in [0, 0.05) is 17.3 Å². The molecule has 7 nitrogen and oxygen atoms in total. The molecule has 4 rings (SSSR count). The van der Waals surface area contributed by atoms with Crippen LogP contribution >= 0.6 is 0 Å². The summed E-state index contributed by atoms with van der Waals surface area (Å²) in [4.78, 5) is 16.3. The second kappa shape index (κ2) is 7.02. The van der Waals surface area contributed by atoms with Crippen LogP contribution in [-0.2, 0) is 0 Å². The Hall–Kier alpha value is -4.49. The second-order valence-electron chi connectivity index (χ2n) is 5.89. The Morgan fingerprint density at radius 2 is 1.43 bits per heavy atom. The summed E-state index contributed by atoms with van der Waals surface area (Å²) in [5.74, 6) is 0.121. The normalized spacial score (nSPS) is 10.2. The molecular formula is C21H12N6O. The number of carbonyl (C=O) groups is 1. The number of hydrogen-bond acceptors (Lipinski definition) is 4. The highest BCUT2D eigenvalue weighted by molar-refractivity contribution is 5.84. The van der Waals surface area contributed by atoms with Crippen LogP contribution in [0.3, 0.4) is 0 Å². The lowest BCUT2D eigenvalue weighted by molar-refractivity contribution is 0.238. The average molecular weight is 364 g/mol. The summed E-state index contributed by atoms with van der Waals surface area (Å²) in [6.07, 6.45) is 3.00. The van der Waals surface area contributed by atoms with Crippen molar-refractivity contribution in [2.45, 2.75) is 0 Å². The van der Waals surface area contributed by atoms with Crippen molar-refractivity contribution >= 4 is 11.8 Å². The zero-order valence-electron chi connectivity index (χ0n) is 14.5.